The van der Waals surface area contributed by atoms with Gasteiger partial charge in [-0.3, -0.25) is 5.41 Å². The molecule has 0 aliphatic rings. The second-order valence-electron chi connectivity index (χ2n) is 5.21. The summed E-state index contributed by atoms with van der Waals surface area (Å²) in [5, 5.41) is 7.78. The zero-order valence-corrected chi connectivity index (χ0v) is 12.1. The Bertz CT molecular complexity index is 598. The van der Waals surface area contributed by atoms with Gasteiger partial charge in [-0.25, -0.2) is 4.39 Å². The standard InChI is InChI=1S/C17H20FN3/c1-21(11-14-9-5-6-10-16(14)18)12-15(17(19)20)13-7-3-2-4-8-13/h2-10,15H,11-12H2,1H3,(H3,19,20). The lowest BCUT2D eigenvalue weighted by atomic mass is 9.97. The Labute approximate surface area is 124 Å². The van der Waals surface area contributed by atoms with Crippen molar-refractivity contribution in [2.75, 3.05) is 13.6 Å². The molecule has 0 spiro atoms. The molecule has 0 fully saturated rings. The van der Waals surface area contributed by atoms with Crippen molar-refractivity contribution in [3.05, 3.63) is 71.5 Å². The Morgan fingerprint density at radius 3 is 2.38 bits per heavy atom. The van der Waals surface area contributed by atoms with Gasteiger partial charge in [-0.1, -0.05) is 48.5 Å². The van der Waals surface area contributed by atoms with Crippen LogP contribution in [0.3, 0.4) is 0 Å². The van der Waals surface area contributed by atoms with Crippen LogP contribution in [-0.2, 0) is 6.54 Å². The summed E-state index contributed by atoms with van der Waals surface area (Å²) in [5.74, 6) is -0.256. The van der Waals surface area contributed by atoms with Crippen molar-refractivity contribution in [2.45, 2.75) is 12.5 Å². The van der Waals surface area contributed by atoms with E-state index in [1.807, 2.05) is 48.3 Å². The number of amidine groups is 1. The molecule has 3 nitrogen and oxygen atoms in total. The smallest absolute Gasteiger partial charge is 0.127 e. The molecule has 4 heteroatoms. The number of nitrogens with zero attached hydrogens (tertiary/aromatic N) is 1. The van der Waals surface area contributed by atoms with E-state index in [-0.39, 0.29) is 17.6 Å². The highest BCUT2D eigenvalue weighted by Gasteiger charge is 2.17. The van der Waals surface area contributed by atoms with Crippen molar-refractivity contribution < 1.29 is 4.39 Å². The van der Waals surface area contributed by atoms with Crippen LogP contribution >= 0.6 is 0 Å². The summed E-state index contributed by atoms with van der Waals surface area (Å²) in [4.78, 5) is 1.98. The summed E-state index contributed by atoms with van der Waals surface area (Å²) >= 11 is 0. The largest absolute Gasteiger partial charge is 0.387 e. The van der Waals surface area contributed by atoms with Gasteiger partial charge in [-0.2, -0.15) is 0 Å². The minimum atomic E-state index is -0.205. The van der Waals surface area contributed by atoms with Crippen molar-refractivity contribution in [3.8, 4) is 0 Å². The van der Waals surface area contributed by atoms with Gasteiger partial charge in [0.05, 0.1) is 11.8 Å². The summed E-state index contributed by atoms with van der Waals surface area (Å²) < 4.78 is 13.7. The third kappa shape index (κ3) is 4.13. The van der Waals surface area contributed by atoms with Gasteiger partial charge in [0.25, 0.3) is 0 Å². The van der Waals surface area contributed by atoms with Crippen LogP contribution in [0.1, 0.15) is 17.0 Å². The van der Waals surface area contributed by atoms with Gasteiger partial charge in [-0.05, 0) is 18.7 Å². The molecule has 2 rings (SSSR count). The lowest BCUT2D eigenvalue weighted by molar-refractivity contribution is 0.317. The first-order valence-electron chi connectivity index (χ1n) is 6.88. The fourth-order valence-electron chi connectivity index (χ4n) is 2.36. The molecule has 0 heterocycles. The number of likely N-dealkylation sites (N-methyl/N-ethyl adjacent to an activating group) is 1. The number of halogens is 1. The highest BCUT2D eigenvalue weighted by molar-refractivity contribution is 5.84. The Kier molecular flexibility index (Phi) is 5.06. The monoisotopic (exact) mass is 285 g/mol. The lowest BCUT2D eigenvalue weighted by Crippen LogP contribution is -2.32. The predicted octanol–water partition coefficient (Wildman–Crippen LogP) is 2.98. The maximum Gasteiger partial charge on any atom is 0.127 e. The van der Waals surface area contributed by atoms with E-state index < -0.39 is 0 Å². The normalized spacial score (nSPS) is 12.3. The fraction of sp³-hybridized carbons (Fsp3) is 0.235. The quantitative estimate of drug-likeness (QED) is 0.633. The van der Waals surface area contributed by atoms with Crippen molar-refractivity contribution in [3.63, 3.8) is 0 Å². The van der Waals surface area contributed by atoms with Crippen LogP contribution < -0.4 is 5.73 Å². The first-order chi connectivity index (χ1) is 10.1. The van der Waals surface area contributed by atoms with Gasteiger partial charge in [0.15, 0.2) is 0 Å². The van der Waals surface area contributed by atoms with Gasteiger partial charge in [0.1, 0.15) is 5.82 Å². The maximum absolute atomic E-state index is 13.7. The van der Waals surface area contributed by atoms with Crippen LogP contribution in [0.4, 0.5) is 4.39 Å². The van der Waals surface area contributed by atoms with Crippen molar-refractivity contribution in [2.24, 2.45) is 5.73 Å². The van der Waals surface area contributed by atoms with E-state index in [0.29, 0.717) is 18.7 Å². The molecule has 0 bridgehead atoms. The van der Waals surface area contributed by atoms with E-state index >= 15 is 0 Å². The summed E-state index contributed by atoms with van der Waals surface area (Å²) in [6.45, 7) is 1.07. The Morgan fingerprint density at radius 1 is 1.14 bits per heavy atom. The predicted molar refractivity (Wildman–Crippen MR) is 83.8 cm³/mol. The molecule has 2 aromatic carbocycles. The van der Waals surface area contributed by atoms with E-state index in [9.17, 15) is 4.39 Å². The zero-order chi connectivity index (χ0) is 15.2. The summed E-state index contributed by atoms with van der Waals surface area (Å²) in [6.07, 6.45) is 0. The highest BCUT2D eigenvalue weighted by atomic mass is 19.1. The van der Waals surface area contributed by atoms with Crippen LogP contribution in [0.15, 0.2) is 54.6 Å². The summed E-state index contributed by atoms with van der Waals surface area (Å²) in [7, 11) is 1.91. The average molecular weight is 285 g/mol. The van der Waals surface area contributed by atoms with Crippen LogP contribution in [0, 0.1) is 11.2 Å². The zero-order valence-electron chi connectivity index (χ0n) is 12.1. The summed E-state index contributed by atoms with van der Waals surface area (Å²) in [5.41, 5.74) is 7.38. The fourth-order valence-corrected chi connectivity index (χ4v) is 2.36. The molecule has 0 aromatic heterocycles. The lowest BCUT2D eigenvalue weighted by Gasteiger charge is -2.24. The van der Waals surface area contributed by atoms with E-state index in [1.165, 1.54) is 6.07 Å². The molecule has 1 atom stereocenters. The molecular weight excluding hydrogens is 265 g/mol. The molecule has 2 aromatic rings. The van der Waals surface area contributed by atoms with Crippen LogP contribution in [0.25, 0.3) is 0 Å². The molecular formula is C17H20FN3. The van der Waals surface area contributed by atoms with Gasteiger partial charge in [0, 0.05) is 18.7 Å². The second-order valence-corrected chi connectivity index (χ2v) is 5.21. The number of rotatable bonds is 6. The third-order valence-electron chi connectivity index (χ3n) is 3.47. The molecule has 21 heavy (non-hydrogen) atoms. The molecule has 1 unspecified atom stereocenters. The van der Waals surface area contributed by atoms with Crippen molar-refractivity contribution in [1.82, 2.24) is 4.90 Å². The second kappa shape index (κ2) is 6.99. The van der Waals surface area contributed by atoms with E-state index in [2.05, 4.69) is 0 Å². The Morgan fingerprint density at radius 2 is 1.76 bits per heavy atom. The number of nitrogens with one attached hydrogen (secondary N) is 1. The number of nitrogens with two attached hydrogens (primary N) is 1. The van der Waals surface area contributed by atoms with E-state index in [0.717, 1.165) is 5.56 Å². The number of hydrogen-bond donors (Lipinski definition) is 2. The average Bonchev–Trinajstić information content (AvgIpc) is 2.48. The Balaban J connectivity index is 2.07. The van der Waals surface area contributed by atoms with Crippen molar-refractivity contribution >= 4 is 5.84 Å². The first kappa shape index (κ1) is 15.2. The third-order valence-corrected chi connectivity index (χ3v) is 3.47. The molecule has 0 aliphatic heterocycles. The van der Waals surface area contributed by atoms with E-state index in [1.54, 1.807) is 12.1 Å². The van der Waals surface area contributed by atoms with Crippen LogP contribution in [0.5, 0.6) is 0 Å². The van der Waals surface area contributed by atoms with Gasteiger partial charge < -0.3 is 10.6 Å². The molecule has 3 N–H and O–H groups in total. The molecule has 0 saturated heterocycles. The molecule has 110 valence electrons. The first-order valence-corrected chi connectivity index (χ1v) is 6.88. The van der Waals surface area contributed by atoms with Gasteiger partial charge in [0.2, 0.25) is 0 Å². The maximum atomic E-state index is 13.7. The number of benzene rings is 2. The van der Waals surface area contributed by atoms with Gasteiger partial charge in [-0.15, -0.1) is 0 Å². The van der Waals surface area contributed by atoms with Crippen LogP contribution in [-0.4, -0.2) is 24.3 Å². The van der Waals surface area contributed by atoms with E-state index in [4.69, 9.17) is 11.1 Å². The highest BCUT2D eigenvalue weighted by Crippen LogP contribution is 2.18. The molecule has 0 saturated carbocycles. The van der Waals surface area contributed by atoms with Gasteiger partial charge >= 0.3 is 0 Å². The molecule has 0 amide bonds. The molecule has 0 aliphatic carbocycles. The minimum Gasteiger partial charge on any atom is -0.387 e. The molecule has 0 radical (unpaired) electrons. The summed E-state index contributed by atoms with van der Waals surface area (Å²) in [6, 6.07) is 16.5. The van der Waals surface area contributed by atoms with Crippen molar-refractivity contribution in [1.29, 1.82) is 5.41 Å². The Hall–Kier alpha value is -2.20. The minimum absolute atomic E-state index is 0.126. The van der Waals surface area contributed by atoms with Crippen LogP contribution in [0.2, 0.25) is 0 Å². The topological polar surface area (TPSA) is 53.1 Å². The number of hydrogen-bond acceptors (Lipinski definition) is 2. The SMILES string of the molecule is CN(Cc1ccccc1F)CC(C(=N)N)c1ccccc1.